The molecule has 0 amide bonds. The van der Waals surface area contributed by atoms with Crippen LogP contribution in [0.3, 0.4) is 0 Å². The fourth-order valence-corrected chi connectivity index (χ4v) is 2.45. The highest BCUT2D eigenvalue weighted by atomic mass is 14.2. The maximum atomic E-state index is 3.98. The quantitative estimate of drug-likeness (QED) is 0.476. The van der Waals surface area contributed by atoms with E-state index >= 15 is 0 Å². The van der Waals surface area contributed by atoms with Crippen molar-refractivity contribution in [1.82, 2.24) is 0 Å². The average molecular weight is 385 g/mol. The summed E-state index contributed by atoms with van der Waals surface area (Å²) in [4.78, 5) is 0. The van der Waals surface area contributed by atoms with Gasteiger partial charge in [0, 0.05) is 0 Å². The standard InChI is InChI=1S/C13H18.C9H12.C3H8.C2H6.CH4/c1-9(2)12(5)13-8-10(3)6-7-11(13)4;1-3-9-6-4-5-8(2)7-9;1-3-2;1-2;/h6-8,11H,1H2,2-5H3;4-7H,3H2,1-2H3;3H2,1-2H3;1-2H3;1H4/b13-12+;;;;. The van der Waals surface area contributed by atoms with Gasteiger partial charge in [-0.05, 0) is 56.7 Å². The number of rotatable bonds is 2. The molecule has 0 heteroatoms. The summed E-state index contributed by atoms with van der Waals surface area (Å²) in [5.41, 5.74) is 8.02. The third-order valence-corrected chi connectivity index (χ3v) is 4.09. The van der Waals surface area contributed by atoms with E-state index in [9.17, 15) is 0 Å². The molecule has 0 nitrogen and oxygen atoms in total. The molecule has 1 aromatic rings. The number of hydrogen-bond acceptors (Lipinski definition) is 0. The van der Waals surface area contributed by atoms with E-state index in [-0.39, 0.29) is 7.43 Å². The molecule has 160 valence electrons. The Morgan fingerprint density at radius 1 is 1.04 bits per heavy atom. The monoisotopic (exact) mass is 384 g/mol. The van der Waals surface area contributed by atoms with Crippen LogP contribution in [0.5, 0.6) is 0 Å². The summed E-state index contributed by atoms with van der Waals surface area (Å²) in [6.07, 6.45) is 9.08. The number of allylic oxidation sites excluding steroid dienone is 7. The van der Waals surface area contributed by atoms with Gasteiger partial charge in [0.2, 0.25) is 0 Å². The lowest BCUT2D eigenvalue weighted by Crippen LogP contribution is -2.01. The van der Waals surface area contributed by atoms with E-state index in [1.54, 1.807) is 0 Å². The Hall–Kier alpha value is -1.82. The van der Waals surface area contributed by atoms with Crippen molar-refractivity contribution in [3.8, 4) is 0 Å². The Morgan fingerprint density at radius 3 is 1.96 bits per heavy atom. The van der Waals surface area contributed by atoms with Crippen molar-refractivity contribution in [2.75, 3.05) is 0 Å². The zero-order valence-electron chi connectivity index (χ0n) is 19.7. The van der Waals surface area contributed by atoms with E-state index < -0.39 is 0 Å². The van der Waals surface area contributed by atoms with Crippen LogP contribution in [0.1, 0.15) is 87.3 Å². The van der Waals surface area contributed by atoms with E-state index in [1.807, 2.05) is 13.8 Å². The second kappa shape index (κ2) is 18.5. The van der Waals surface area contributed by atoms with Crippen LogP contribution in [0.25, 0.3) is 0 Å². The number of benzene rings is 1. The summed E-state index contributed by atoms with van der Waals surface area (Å²) in [5.74, 6) is 0.528. The van der Waals surface area contributed by atoms with Gasteiger partial charge in [0.25, 0.3) is 0 Å². The van der Waals surface area contributed by atoms with Gasteiger partial charge in [0.1, 0.15) is 0 Å². The fourth-order valence-electron chi connectivity index (χ4n) is 2.45. The first kappa shape index (κ1) is 30.9. The molecule has 1 atom stereocenters. The normalized spacial score (nSPS) is 15.8. The first-order valence-corrected chi connectivity index (χ1v) is 10.5. The summed E-state index contributed by atoms with van der Waals surface area (Å²) < 4.78 is 0. The molecule has 0 saturated carbocycles. The second-order valence-corrected chi connectivity index (χ2v) is 6.95. The summed E-state index contributed by atoms with van der Waals surface area (Å²) in [7, 11) is 0. The fraction of sp³-hybridized carbons (Fsp3) is 0.500. The van der Waals surface area contributed by atoms with Crippen molar-refractivity contribution in [3.05, 3.63) is 82.5 Å². The molecule has 2 rings (SSSR count). The molecule has 0 saturated heterocycles. The predicted octanol–water partition coefficient (Wildman–Crippen LogP) is 9.67. The Labute approximate surface area is 178 Å². The summed E-state index contributed by atoms with van der Waals surface area (Å²) >= 11 is 0. The van der Waals surface area contributed by atoms with E-state index in [2.05, 4.69) is 104 Å². The van der Waals surface area contributed by atoms with Crippen LogP contribution in [0, 0.1) is 12.8 Å². The van der Waals surface area contributed by atoms with Gasteiger partial charge in [-0.3, -0.25) is 0 Å². The zero-order chi connectivity index (χ0) is 21.4. The lowest BCUT2D eigenvalue weighted by Gasteiger charge is -2.17. The summed E-state index contributed by atoms with van der Waals surface area (Å²) in [6, 6.07) is 8.61. The molecule has 0 aliphatic heterocycles. The molecule has 0 spiro atoms. The Balaban J connectivity index is -0.000000365. The highest BCUT2D eigenvalue weighted by Crippen LogP contribution is 2.27. The van der Waals surface area contributed by atoms with E-state index in [0.29, 0.717) is 5.92 Å². The van der Waals surface area contributed by atoms with Gasteiger partial charge in [-0.25, -0.2) is 0 Å². The Bertz CT molecular complexity index is 623. The van der Waals surface area contributed by atoms with Gasteiger partial charge in [-0.1, -0.05) is 121 Å². The third kappa shape index (κ3) is 13.4. The Kier molecular flexibility index (Phi) is 20.5. The molecule has 0 heterocycles. The van der Waals surface area contributed by atoms with E-state index in [4.69, 9.17) is 0 Å². The minimum atomic E-state index is 0. The van der Waals surface area contributed by atoms with Crippen molar-refractivity contribution in [3.63, 3.8) is 0 Å². The SMILES string of the molecule is C.C=C(C)/C(C)=C1\C=C(C)C=CC1C.CC.CCC.CCc1cccc(C)c1. The lowest BCUT2D eigenvalue weighted by atomic mass is 9.88. The molecule has 1 aliphatic carbocycles. The molecular formula is C28H48. The minimum absolute atomic E-state index is 0. The van der Waals surface area contributed by atoms with Crippen molar-refractivity contribution in [1.29, 1.82) is 0 Å². The van der Waals surface area contributed by atoms with Crippen LogP contribution in [0.4, 0.5) is 0 Å². The number of hydrogen-bond donors (Lipinski definition) is 0. The van der Waals surface area contributed by atoms with Gasteiger partial charge in [-0.2, -0.15) is 0 Å². The Morgan fingerprint density at radius 2 is 1.57 bits per heavy atom. The highest BCUT2D eigenvalue weighted by Gasteiger charge is 2.10. The van der Waals surface area contributed by atoms with Crippen molar-refractivity contribution >= 4 is 0 Å². The van der Waals surface area contributed by atoms with Crippen LogP contribution in [0.15, 0.2) is 71.4 Å². The lowest BCUT2D eigenvalue weighted by molar-refractivity contribution is 0.862. The summed E-state index contributed by atoms with van der Waals surface area (Å²) in [5, 5.41) is 0. The minimum Gasteiger partial charge on any atom is -0.0958 e. The topological polar surface area (TPSA) is 0 Å². The molecule has 0 radical (unpaired) electrons. The maximum Gasteiger partial charge on any atom is -0.000441 e. The van der Waals surface area contributed by atoms with Crippen molar-refractivity contribution < 1.29 is 0 Å². The van der Waals surface area contributed by atoms with Crippen molar-refractivity contribution in [2.45, 2.75) is 89.5 Å². The predicted molar refractivity (Wildman–Crippen MR) is 134 cm³/mol. The zero-order valence-corrected chi connectivity index (χ0v) is 19.7. The summed E-state index contributed by atoms with van der Waals surface area (Å²) in [6.45, 7) is 25.1. The molecular weight excluding hydrogens is 336 g/mol. The van der Waals surface area contributed by atoms with Crippen LogP contribution in [-0.2, 0) is 6.42 Å². The largest absolute Gasteiger partial charge is 0.0958 e. The smallest absolute Gasteiger partial charge is 0.000441 e. The molecule has 1 aromatic carbocycles. The van der Waals surface area contributed by atoms with Gasteiger partial charge < -0.3 is 0 Å². The maximum absolute atomic E-state index is 3.98. The van der Waals surface area contributed by atoms with Crippen LogP contribution >= 0.6 is 0 Å². The highest BCUT2D eigenvalue weighted by molar-refractivity contribution is 5.45. The molecule has 1 aliphatic rings. The van der Waals surface area contributed by atoms with Gasteiger partial charge in [0.05, 0.1) is 0 Å². The van der Waals surface area contributed by atoms with Crippen LogP contribution in [0.2, 0.25) is 0 Å². The second-order valence-electron chi connectivity index (χ2n) is 6.95. The van der Waals surface area contributed by atoms with Gasteiger partial charge in [-0.15, -0.1) is 0 Å². The van der Waals surface area contributed by atoms with E-state index in [0.717, 1.165) is 6.42 Å². The molecule has 1 unspecified atom stereocenters. The number of aryl methyl sites for hydroxylation is 2. The first-order valence-electron chi connectivity index (χ1n) is 10.5. The van der Waals surface area contributed by atoms with Gasteiger partial charge >= 0.3 is 0 Å². The van der Waals surface area contributed by atoms with Crippen LogP contribution < -0.4 is 0 Å². The van der Waals surface area contributed by atoms with Gasteiger partial charge in [0.15, 0.2) is 0 Å². The van der Waals surface area contributed by atoms with Crippen molar-refractivity contribution in [2.24, 2.45) is 5.92 Å². The third-order valence-electron chi connectivity index (χ3n) is 4.09. The average Bonchev–Trinajstić information content (AvgIpc) is 2.66. The molecule has 0 N–H and O–H groups in total. The van der Waals surface area contributed by atoms with E-state index in [1.165, 1.54) is 39.8 Å². The first-order chi connectivity index (χ1) is 12.8. The molecule has 0 bridgehead atoms. The molecule has 0 fully saturated rings. The van der Waals surface area contributed by atoms with Crippen LogP contribution in [-0.4, -0.2) is 0 Å². The molecule has 28 heavy (non-hydrogen) atoms. The molecule has 0 aromatic heterocycles.